The molecule has 0 aliphatic carbocycles. The van der Waals surface area contributed by atoms with Crippen LogP contribution in [0.15, 0.2) is 23.3 Å². The second-order valence-corrected chi connectivity index (χ2v) is 7.43. The normalized spacial score (nSPS) is 21.8. The molecule has 6 nitrogen and oxygen atoms in total. The summed E-state index contributed by atoms with van der Waals surface area (Å²) in [7, 11) is 0. The van der Waals surface area contributed by atoms with Crippen LogP contribution < -0.4 is 5.56 Å². The number of rotatable bonds is 3. The zero-order chi connectivity index (χ0) is 16.9. The first kappa shape index (κ1) is 15.6. The molecule has 0 aromatic carbocycles. The van der Waals surface area contributed by atoms with Crippen molar-refractivity contribution in [2.75, 3.05) is 6.61 Å². The van der Waals surface area contributed by atoms with Gasteiger partial charge in [-0.3, -0.25) is 9.89 Å². The van der Waals surface area contributed by atoms with Gasteiger partial charge in [0.15, 0.2) is 0 Å². The number of aliphatic hydroxyl groups is 1. The Bertz CT molecular complexity index is 944. The zero-order valence-corrected chi connectivity index (χ0v) is 14.4. The SMILES string of the molecule is CCC(C)C1(O)COCc2c1[nH]c(=O)c1sc(-c3cn[nH]c3)cc21. The molecule has 4 rings (SSSR count). The molecule has 0 saturated carbocycles. The number of ether oxygens (including phenoxy) is 1. The Hall–Kier alpha value is -1.96. The molecule has 3 aromatic heterocycles. The van der Waals surface area contributed by atoms with Crippen molar-refractivity contribution in [2.24, 2.45) is 5.92 Å². The van der Waals surface area contributed by atoms with Gasteiger partial charge >= 0.3 is 0 Å². The summed E-state index contributed by atoms with van der Waals surface area (Å²) in [6, 6.07) is 1.99. The second kappa shape index (κ2) is 5.54. The number of fused-ring (bicyclic) bond motifs is 3. The van der Waals surface area contributed by atoms with Gasteiger partial charge in [0.05, 0.1) is 25.1 Å². The van der Waals surface area contributed by atoms with E-state index in [2.05, 4.69) is 15.2 Å². The van der Waals surface area contributed by atoms with Gasteiger partial charge in [-0.15, -0.1) is 11.3 Å². The highest BCUT2D eigenvalue weighted by atomic mass is 32.1. The average Bonchev–Trinajstić information content (AvgIpc) is 3.24. The van der Waals surface area contributed by atoms with Crippen molar-refractivity contribution in [3.63, 3.8) is 0 Å². The maximum atomic E-state index is 12.6. The highest BCUT2D eigenvalue weighted by Gasteiger charge is 2.41. The first-order valence-electron chi connectivity index (χ1n) is 8.03. The van der Waals surface area contributed by atoms with Crippen molar-refractivity contribution in [2.45, 2.75) is 32.5 Å². The monoisotopic (exact) mass is 345 g/mol. The van der Waals surface area contributed by atoms with E-state index in [1.54, 1.807) is 12.4 Å². The summed E-state index contributed by atoms with van der Waals surface area (Å²) in [6.07, 6.45) is 4.33. The lowest BCUT2D eigenvalue weighted by Gasteiger charge is -2.38. The maximum Gasteiger partial charge on any atom is 0.266 e. The molecule has 0 radical (unpaired) electrons. The van der Waals surface area contributed by atoms with Crippen molar-refractivity contribution in [3.05, 3.63) is 40.1 Å². The third kappa shape index (κ3) is 2.16. The van der Waals surface area contributed by atoms with Crippen LogP contribution in [-0.2, 0) is 16.9 Å². The topological polar surface area (TPSA) is 91.0 Å². The molecular formula is C17H19N3O3S. The summed E-state index contributed by atoms with van der Waals surface area (Å²) >= 11 is 1.43. The Labute approximate surface area is 142 Å². The van der Waals surface area contributed by atoms with Crippen molar-refractivity contribution >= 4 is 21.4 Å². The lowest BCUT2D eigenvalue weighted by atomic mass is 9.81. The minimum Gasteiger partial charge on any atom is -0.381 e. The molecule has 24 heavy (non-hydrogen) atoms. The molecule has 4 heterocycles. The summed E-state index contributed by atoms with van der Waals surface area (Å²) in [5.41, 5.74) is 1.11. The summed E-state index contributed by atoms with van der Waals surface area (Å²) in [6.45, 7) is 4.60. The fraction of sp³-hybridized carbons (Fsp3) is 0.412. The van der Waals surface area contributed by atoms with Crippen molar-refractivity contribution in [1.82, 2.24) is 15.2 Å². The fourth-order valence-corrected chi connectivity index (χ4v) is 4.38. The molecule has 0 bridgehead atoms. The van der Waals surface area contributed by atoms with E-state index in [4.69, 9.17) is 4.74 Å². The molecule has 2 atom stereocenters. The Kier molecular flexibility index (Phi) is 3.59. The standard InChI is InChI=1S/C17H19N3O3S/c1-3-9(2)17(22)8-23-7-12-11-4-13(10-5-18-19-6-10)24-14(11)16(21)20-15(12)17/h4-6,9,22H,3,7-8H2,1-2H3,(H,18,19)(H,20,21). The molecule has 7 heteroatoms. The average molecular weight is 345 g/mol. The number of hydrogen-bond acceptors (Lipinski definition) is 5. The van der Waals surface area contributed by atoms with Crippen LogP contribution >= 0.6 is 11.3 Å². The van der Waals surface area contributed by atoms with E-state index < -0.39 is 5.60 Å². The van der Waals surface area contributed by atoms with Crippen molar-refractivity contribution in [1.29, 1.82) is 0 Å². The summed E-state index contributed by atoms with van der Waals surface area (Å²) in [4.78, 5) is 16.5. The minimum atomic E-state index is -1.16. The Balaban J connectivity index is 1.97. The minimum absolute atomic E-state index is 0.0170. The Morgan fingerprint density at radius 2 is 2.38 bits per heavy atom. The van der Waals surface area contributed by atoms with Gasteiger partial charge in [0.2, 0.25) is 0 Å². The van der Waals surface area contributed by atoms with Crippen LogP contribution in [0.25, 0.3) is 20.5 Å². The van der Waals surface area contributed by atoms with Gasteiger partial charge in [-0.25, -0.2) is 0 Å². The molecule has 3 aromatic rings. The Morgan fingerprint density at radius 1 is 1.54 bits per heavy atom. The molecule has 1 aliphatic rings. The lowest BCUT2D eigenvalue weighted by molar-refractivity contribution is -0.109. The summed E-state index contributed by atoms with van der Waals surface area (Å²) in [5, 5.41) is 18.8. The number of nitrogens with one attached hydrogen (secondary N) is 2. The highest BCUT2D eigenvalue weighted by molar-refractivity contribution is 7.22. The first-order valence-corrected chi connectivity index (χ1v) is 8.84. The van der Waals surface area contributed by atoms with E-state index >= 15 is 0 Å². The molecule has 0 saturated heterocycles. The largest absolute Gasteiger partial charge is 0.381 e. The third-order valence-electron chi connectivity index (χ3n) is 5.02. The molecule has 126 valence electrons. The van der Waals surface area contributed by atoms with Crippen LogP contribution in [0.4, 0.5) is 0 Å². The number of H-pyrrole nitrogens is 2. The smallest absolute Gasteiger partial charge is 0.266 e. The van der Waals surface area contributed by atoms with Gasteiger partial charge in [-0.2, -0.15) is 5.10 Å². The number of aromatic nitrogens is 3. The Morgan fingerprint density at radius 3 is 3.08 bits per heavy atom. The number of pyridine rings is 1. The zero-order valence-electron chi connectivity index (χ0n) is 13.5. The van der Waals surface area contributed by atoms with Gasteiger partial charge in [-0.1, -0.05) is 20.3 Å². The van der Waals surface area contributed by atoms with Gasteiger partial charge in [0.25, 0.3) is 5.56 Å². The highest BCUT2D eigenvalue weighted by Crippen LogP contribution is 2.41. The molecular weight excluding hydrogens is 326 g/mol. The summed E-state index contributed by atoms with van der Waals surface area (Å²) < 4.78 is 6.35. The maximum absolute atomic E-state index is 12.6. The van der Waals surface area contributed by atoms with Crippen molar-refractivity contribution in [3.8, 4) is 10.4 Å². The summed E-state index contributed by atoms with van der Waals surface area (Å²) in [5.74, 6) is -0.0170. The van der Waals surface area contributed by atoms with Crippen LogP contribution in [-0.4, -0.2) is 26.9 Å². The molecule has 0 spiro atoms. The van der Waals surface area contributed by atoms with Gasteiger partial charge in [-0.05, 0) is 12.0 Å². The van der Waals surface area contributed by atoms with E-state index in [9.17, 15) is 9.90 Å². The van der Waals surface area contributed by atoms with Crippen LogP contribution in [0.2, 0.25) is 0 Å². The predicted octanol–water partition coefficient (Wildman–Crippen LogP) is 2.74. The molecule has 2 unspecified atom stereocenters. The number of thiophene rings is 1. The van der Waals surface area contributed by atoms with Crippen LogP contribution in [0.3, 0.4) is 0 Å². The third-order valence-corrected chi connectivity index (χ3v) is 6.20. The fourth-order valence-electron chi connectivity index (χ4n) is 3.32. The lowest BCUT2D eigenvalue weighted by Crippen LogP contribution is -2.44. The number of aromatic amines is 2. The van der Waals surface area contributed by atoms with E-state index in [0.717, 1.165) is 27.8 Å². The van der Waals surface area contributed by atoms with Gasteiger partial charge in [0, 0.05) is 27.6 Å². The predicted molar refractivity (Wildman–Crippen MR) is 93.0 cm³/mol. The first-order chi connectivity index (χ1) is 11.5. The van der Waals surface area contributed by atoms with Gasteiger partial charge in [0.1, 0.15) is 10.3 Å². The van der Waals surface area contributed by atoms with E-state index in [0.29, 0.717) is 17.0 Å². The van der Waals surface area contributed by atoms with Crippen LogP contribution in [0.1, 0.15) is 31.5 Å². The van der Waals surface area contributed by atoms with Crippen LogP contribution in [0.5, 0.6) is 0 Å². The van der Waals surface area contributed by atoms with Crippen LogP contribution in [0, 0.1) is 5.92 Å². The van der Waals surface area contributed by atoms with Crippen molar-refractivity contribution < 1.29 is 9.84 Å². The van der Waals surface area contributed by atoms with Gasteiger partial charge < -0.3 is 14.8 Å². The molecule has 1 aliphatic heterocycles. The van der Waals surface area contributed by atoms with E-state index in [1.165, 1.54) is 11.3 Å². The quantitative estimate of drug-likeness (QED) is 0.681. The molecule has 3 N–H and O–H groups in total. The second-order valence-electron chi connectivity index (χ2n) is 6.37. The van der Waals surface area contributed by atoms with E-state index in [-0.39, 0.29) is 18.1 Å². The number of nitrogens with zero attached hydrogens (tertiary/aromatic N) is 1. The number of hydrogen-bond donors (Lipinski definition) is 3. The van der Waals surface area contributed by atoms with E-state index in [1.807, 2.05) is 19.9 Å². The molecule has 0 amide bonds. The molecule has 0 fully saturated rings.